The second-order valence-corrected chi connectivity index (χ2v) is 4.94. The van der Waals surface area contributed by atoms with Crippen LogP contribution in [0.25, 0.3) is 0 Å². The number of methoxy groups -OCH3 is 2. The molecule has 1 saturated carbocycles. The molecule has 0 bridgehead atoms. The summed E-state index contributed by atoms with van der Waals surface area (Å²) >= 11 is 0. The van der Waals surface area contributed by atoms with E-state index in [0.29, 0.717) is 5.75 Å². The van der Waals surface area contributed by atoms with Crippen molar-refractivity contribution in [2.45, 2.75) is 19.3 Å². The van der Waals surface area contributed by atoms with Crippen molar-refractivity contribution in [3.8, 4) is 11.5 Å². The van der Waals surface area contributed by atoms with E-state index in [2.05, 4.69) is 11.9 Å². The quantitative estimate of drug-likeness (QED) is 0.816. The van der Waals surface area contributed by atoms with Crippen LogP contribution in [0, 0.1) is 5.92 Å². The Kier molecular flexibility index (Phi) is 3.84. The third-order valence-corrected chi connectivity index (χ3v) is 3.70. The maximum Gasteiger partial charge on any atom is 0.162 e. The summed E-state index contributed by atoms with van der Waals surface area (Å²) in [5, 5.41) is 0. The van der Waals surface area contributed by atoms with Gasteiger partial charge in [-0.15, -0.1) is 0 Å². The van der Waals surface area contributed by atoms with Gasteiger partial charge in [-0.05, 0) is 18.8 Å². The third-order valence-electron chi connectivity index (χ3n) is 3.70. The van der Waals surface area contributed by atoms with E-state index in [4.69, 9.17) is 15.2 Å². The van der Waals surface area contributed by atoms with Gasteiger partial charge in [-0.2, -0.15) is 0 Å². The molecule has 0 saturated heterocycles. The Bertz CT molecular complexity index is 417. The van der Waals surface area contributed by atoms with E-state index in [1.54, 1.807) is 14.2 Å². The lowest BCUT2D eigenvalue weighted by molar-refractivity contribution is 0.321. The molecule has 100 valence electrons. The van der Waals surface area contributed by atoms with E-state index in [0.717, 1.165) is 29.6 Å². The molecule has 1 aliphatic rings. The topological polar surface area (TPSA) is 47.7 Å². The first-order valence-corrected chi connectivity index (χ1v) is 6.38. The normalized spacial score (nSPS) is 15.1. The zero-order valence-corrected chi connectivity index (χ0v) is 11.4. The van der Waals surface area contributed by atoms with Crippen molar-refractivity contribution in [3.63, 3.8) is 0 Å². The SMILES string of the molecule is COc1cc(N)c(N(C)CC2CCC2)cc1OC. The molecule has 0 aliphatic heterocycles. The van der Waals surface area contributed by atoms with Crippen molar-refractivity contribution >= 4 is 11.4 Å². The molecule has 0 amide bonds. The molecule has 2 N–H and O–H groups in total. The largest absolute Gasteiger partial charge is 0.493 e. The van der Waals surface area contributed by atoms with E-state index in [9.17, 15) is 0 Å². The average Bonchev–Trinajstić information content (AvgIpc) is 2.33. The first-order valence-electron chi connectivity index (χ1n) is 6.38. The van der Waals surface area contributed by atoms with Gasteiger partial charge >= 0.3 is 0 Å². The predicted molar refractivity (Wildman–Crippen MR) is 74.6 cm³/mol. The van der Waals surface area contributed by atoms with Gasteiger partial charge in [-0.1, -0.05) is 6.42 Å². The summed E-state index contributed by atoms with van der Waals surface area (Å²) in [5.74, 6) is 2.21. The van der Waals surface area contributed by atoms with Crippen molar-refractivity contribution in [2.24, 2.45) is 5.92 Å². The van der Waals surface area contributed by atoms with Crippen LogP contribution in [-0.2, 0) is 0 Å². The Morgan fingerprint density at radius 3 is 2.33 bits per heavy atom. The van der Waals surface area contributed by atoms with Gasteiger partial charge in [0.1, 0.15) is 0 Å². The van der Waals surface area contributed by atoms with Gasteiger partial charge in [0.15, 0.2) is 11.5 Å². The second-order valence-electron chi connectivity index (χ2n) is 4.94. The maximum atomic E-state index is 6.08. The highest BCUT2D eigenvalue weighted by Crippen LogP contribution is 2.37. The van der Waals surface area contributed by atoms with Crippen LogP contribution in [-0.4, -0.2) is 27.8 Å². The third kappa shape index (κ3) is 2.47. The summed E-state index contributed by atoms with van der Waals surface area (Å²) in [4.78, 5) is 2.21. The predicted octanol–water partition coefficient (Wildman–Crippen LogP) is 2.52. The molecule has 4 heteroatoms. The number of anilines is 2. The lowest BCUT2D eigenvalue weighted by Gasteiger charge is -2.32. The number of hydrogen-bond donors (Lipinski definition) is 1. The first kappa shape index (κ1) is 12.9. The molecule has 1 aromatic rings. The fourth-order valence-electron chi connectivity index (χ4n) is 2.38. The molecule has 1 fully saturated rings. The number of ether oxygens (including phenoxy) is 2. The molecule has 18 heavy (non-hydrogen) atoms. The van der Waals surface area contributed by atoms with Crippen molar-refractivity contribution < 1.29 is 9.47 Å². The van der Waals surface area contributed by atoms with Crippen LogP contribution in [0.3, 0.4) is 0 Å². The Labute approximate surface area is 109 Å². The Balaban J connectivity index is 2.20. The van der Waals surface area contributed by atoms with E-state index in [1.165, 1.54) is 19.3 Å². The fraction of sp³-hybridized carbons (Fsp3) is 0.571. The van der Waals surface area contributed by atoms with Crippen LogP contribution in [0.2, 0.25) is 0 Å². The Hall–Kier alpha value is -1.58. The lowest BCUT2D eigenvalue weighted by atomic mass is 9.85. The molecule has 0 unspecified atom stereocenters. The van der Waals surface area contributed by atoms with E-state index >= 15 is 0 Å². The summed E-state index contributed by atoms with van der Waals surface area (Å²) in [6, 6.07) is 3.78. The molecule has 0 radical (unpaired) electrons. The van der Waals surface area contributed by atoms with Gasteiger partial charge in [0.05, 0.1) is 25.6 Å². The molecule has 0 atom stereocenters. The van der Waals surface area contributed by atoms with Crippen molar-refractivity contribution in [3.05, 3.63) is 12.1 Å². The van der Waals surface area contributed by atoms with Crippen LogP contribution in [0.15, 0.2) is 12.1 Å². The number of nitrogen functional groups attached to an aromatic ring is 1. The van der Waals surface area contributed by atoms with Gasteiger partial charge in [-0.25, -0.2) is 0 Å². The van der Waals surface area contributed by atoms with Crippen LogP contribution in [0.5, 0.6) is 11.5 Å². The van der Waals surface area contributed by atoms with Crippen LogP contribution >= 0.6 is 0 Å². The van der Waals surface area contributed by atoms with E-state index in [-0.39, 0.29) is 0 Å². The highest BCUT2D eigenvalue weighted by atomic mass is 16.5. The molecule has 4 nitrogen and oxygen atoms in total. The van der Waals surface area contributed by atoms with Crippen LogP contribution in [0.4, 0.5) is 11.4 Å². The Morgan fingerprint density at radius 1 is 1.22 bits per heavy atom. The highest BCUT2D eigenvalue weighted by Gasteiger charge is 2.21. The summed E-state index contributed by atoms with van der Waals surface area (Å²) in [7, 11) is 5.34. The minimum atomic E-state index is 0.677. The summed E-state index contributed by atoms with van der Waals surface area (Å²) in [5.41, 5.74) is 7.82. The molecule has 2 rings (SSSR count). The molecule has 1 aromatic carbocycles. The molecular weight excluding hydrogens is 228 g/mol. The van der Waals surface area contributed by atoms with Crippen LogP contribution in [0.1, 0.15) is 19.3 Å². The Morgan fingerprint density at radius 2 is 1.83 bits per heavy atom. The van der Waals surface area contributed by atoms with E-state index in [1.807, 2.05) is 12.1 Å². The monoisotopic (exact) mass is 250 g/mol. The second kappa shape index (κ2) is 5.38. The lowest BCUT2D eigenvalue weighted by Crippen LogP contribution is -2.29. The standard InChI is InChI=1S/C14H22N2O2/c1-16(9-10-5-4-6-10)12-8-14(18-3)13(17-2)7-11(12)15/h7-8,10H,4-6,9,15H2,1-3H3. The fourth-order valence-corrected chi connectivity index (χ4v) is 2.38. The number of hydrogen-bond acceptors (Lipinski definition) is 4. The molecule has 1 aliphatic carbocycles. The molecule has 0 spiro atoms. The zero-order valence-electron chi connectivity index (χ0n) is 11.4. The number of nitrogens with zero attached hydrogens (tertiary/aromatic N) is 1. The molecular formula is C14H22N2O2. The number of benzene rings is 1. The first-order chi connectivity index (χ1) is 8.65. The molecule has 0 aromatic heterocycles. The van der Waals surface area contributed by atoms with Gasteiger partial charge in [0.2, 0.25) is 0 Å². The van der Waals surface area contributed by atoms with Gasteiger partial charge in [0.25, 0.3) is 0 Å². The number of rotatable bonds is 5. The highest BCUT2D eigenvalue weighted by molar-refractivity contribution is 5.73. The van der Waals surface area contributed by atoms with Crippen molar-refractivity contribution in [1.82, 2.24) is 0 Å². The maximum absolute atomic E-state index is 6.08. The van der Waals surface area contributed by atoms with Crippen molar-refractivity contribution in [2.75, 3.05) is 38.4 Å². The minimum absolute atomic E-state index is 0.677. The van der Waals surface area contributed by atoms with E-state index < -0.39 is 0 Å². The summed E-state index contributed by atoms with van der Waals surface area (Å²) < 4.78 is 10.6. The van der Waals surface area contributed by atoms with Gasteiger partial charge < -0.3 is 20.1 Å². The smallest absolute Gasteiger partial charge is 0.162 e. The summed E-state index contributed by atoms with van der Waals surface area (Å²) in [6.45, 7) is 1.06. The van der Waals surface area contributed by atoms with Gasteiger partial charge in [0, 0.05) is 25.7 Å². The minimum Gasteiger partial charge on any atom is -0.493 e. The zero-order chi connectivity index (χ0) is 13.1. The van der Waals surface area contributed by atoms with Gasteiger partial charge in [-0.3, -0.25) is 0 Å². The summed E-state index contributed by atoms with van der Waals surface area (Å²) in [6.07, 6.45) is 4.02. The molecule has 0 heterocycles. The number of nitrogens with two attached hydrogens (primary N) is 1. The van der Waals surface area contributed by atoms with Crippen LogP contribution < -0.4 is 20.1 Å². The van der Waals surface area contributed by atoms with Crippen molar-refractivity contribution in [1.29, 1.82) is 0 Å². The average molecular weight is 250 g/mol.